The lowest BCUT2D eigenvalue weighted by Gasteiger charge is -2.39. The lowest BCUT2D eigenvalue weighted by atomic mass is 10.1. The van der Waals surface area contributed by atoms with E-state index in [1.807, 2.05) is 0 Å². The third kappa shape index (κ3) is 11.3. The van der Waals surface area contributed by atoms with Crippen LogP contribution in [0.1, 0.15) is 72.1 Å². The van der Waals surface area contributed by atoms with E-state index in [-0.39, 0.29) is 24.0 Å². The van der Waals surface area contributed by atoms with E-state index < -0.39 is 0 Å². The predicted molar refractivity (Wildman–Crippen MR) is 84.4 cm³/mol. The minimum absolute atomic E-state index is 0. The first-order valence-corrected chi connectivity index (χ1v) is 8.69. The van der Waals surface area contributed by atoms with Gasteiger partial charge < -0.3 is 28.5 Å². The molecule has 0 unspecified atom stereocenters. The van der Waals surface area contributed by atoms with E-state index in [1.165, 1.54) is 82.0 Å². The number of rotatable bonds is 13. The average molecular weight is 404 g/mol. The fourth-order valence-corrected chi connectivity index (χ4v) is 3.10. The second-order valence-electron chi connectivity index (χ2n) is 5.69. The van der Waals surface area contributed by atoms with Crippen LogP contribution < -0.4 is 24.0 Å². The third-order valence-corrected chi connectivity index (χ3v) is 4.19. The predicted octanol–water partition coefficient (Wildman–Crippen LogP) is 2.23. The molecule has 0 spiro atoms. The summed E-state index contributed by atoms with van der Waals surface area (Å²) in [6.45, 7) is 12.1. The van der Waals surface area contributed by atoms with Crippen molar-refractivity contribution in [2.75, 3.05) is 32.1 Å². The van der Waals surface area contributed by atoms with Gasteiger partial charge in [-0.2, -0.15) is 0 Å². The molecule has 1 nitrogen and oxygen atoms in total. The summed E-state index contributed by atoms with van der Waals surface area (Å²) in [4.78, 5) is 0. The lowest BCUT2D eigenvalue weighted by molar-refractivity contribution is -0.926. The maximum atomic E-state index is 6.07. The van der Waals surface area contributed by atoms with E-state index >= 15 is 0 Å². The summed E-state index contributed by atoms with van der Waals surface area (Å²) < 4.78 is 1.29. The fraction of sp³-hybridized carbons (Fsp3) is 1.00. The molecule has 0 aliphatic heterocycles. The van der Waals surface area contributed by atoms with Gasteiger partial charge in [0.05, 0.1) is 32.1 Å². The van der Waals surface area contributed by atoms with Crippen molar-refractivity contribution in [2.24, 2.45) is 0 Å². The molecule has 0 rings (SSSR count). The molecule has 0 aromatic heterocycles. The second kappa shape index (κ2) is 15.4. The molecule has 0 radical (unpaired) electrons. The number of quaternary nitrogens is 1. The number of hydrogen-bond acceptors (Lipinski definition) is 0. The van der Waals surface area contributed by atoms with Crippen LogP contribution in [-0.2, 0) is 0 Å². The molecule has 0 amide bonds. The zero-order valence-corrected chi connectivity index (χ0v) is 16.3. The molecule has 0 saturated heterocycles. The summed E-state index contributed by atoms with van der Waals surface area (Å²) in [6, 6.07) is 0. The Morgan fingerprint density at radius 2 is 1.05 bits per heavy atom. The quantitative estimate of drug-likeness (QED) is 0.191. The molecular weight excluding hydrogens is 369 g/mol. The van der Waals surface area contributed by atoms with Gasteiger partial charge in [-0.1, -0.05) is 40.0 Å². The highest BCUT2D eigenvalue weighted by Crippen LogP contribution is 2.16. The molecule has 0 saturated carbocycles. The van der Waals surface area contributed by atoms with Crippen molar-refractivity contribution in [1.29, 1.82) is 0 Å². The van der Waals surface area contributed by atoms with Crippen molar-refractivity contribution in [1.82, 2.24) is 0 Å². The molecule has 0 atom stereocenters. The smallest absolute Gasteiger partial charge is 0.0924 e. The number of unbranched alkanes of at least 4 members (excludes halogenated alkanes) is 5. The Kier molecular flexibility index (Phi) is 18.0. The van der Waals surface area contributed by atoms with Gasteiger partial charge in [-0.25, -0.2) is 0 Å². The molecule has 0 fully saturated rings. The van der Waals surface area contributed by atoms with E-state index in [2.05, 4.69) is 20.8 Å². The molecule has 0 aliphatic rings. The van der Waals surface area contributed by atoms with E-state index in [0.29, 0.717) is 0 Å². The van der Waals surface area contributed by atoms with Gasteiger partial charge in [-0.05, 0) is 32.1 Å². The van der Waals surface area contributed by atoms with Crippen LogP contribution in [0.3, 0.4) is 0 Å². The Labute approximate surface area is 144 Å². The highest BCUT2D eigenvalue weighted by molar-refractivity contribution is 6.17. The van der Waals surface area contributed by atoms with E-state index in [1.54, 1.807) is 0 Å². The van der Waals surface area contributed by atoms with Gasteiger partial charge in [-0.3, -0.25) is 0 Å². The van der Waals surface area contributed by atoms with Crippen molar-refractivity contribution in [2.45, 2.75) is 72.1 Å². The lowest BCUT2D eigenvalue weighted by Crippen LogP contribution is -3.00. The highest BCUT2D eigenvalue weighted by Gasteiger charge is 2.24. The number of nitrogens with zero attached hydrogens (tertiary/aromatic N) is 1. The molecule has 118 valence electrons. The minimum atomic E-state index is 0. The first-order valence-electron chi connectivity index (χ1n) is 8.15. The molecule has 0 heterocycles. The van der Waals surface area contributed by atoms with Crippen LogP contribution in [0.4, 0.5) is 0 Å². The Morgan fingerprint density at radius 1 is 0.632 bits per heavy atom. The number of alkyl halides is 1. The van der Waals surface area contributed by atoms with Crippen molar-refractivity contribution in [3.05, 3.63) is 0 Å². The molecule has 0 aromatic rings. The normalized spacial score (nSPS) is 11.4. The van der Waals surface area contributed by atoms with Crippen LogP contribution in [0.5, 0.6) is 0 Å². The Morgan fingerprint density at radius 3 is 1.42 bits per heavy atom. The van der Waals surface area contributed by atoms with Gasteiger partial charge in [0.1, 0.15) is 0 Å². The Balaban J connectivity index is 0. The molecular formula is C16H35ClIN. The molecule has 19 heavy (non-hydrogen) atoms. The van der Waals surface area contributed by atoms with E-state index in [9.17, 15) is 0 Å². The largest absolute Gasteiger partial charge is 1.00 e. The molecule has 3 heteroatoms. The van der Waals surface area contributed by atoms with Gasteiger partial charge in [0.25, 0.3) is 0 Å². The summed E-state index contributed by atoms with van der Waals surface area (Å²) in [7, 11) is 0. The van der Waals surface area contributed by atoms with Crippen molar-refractivity contribution < 1.29 is 28.5 Å². The molecule has 0 bridgehead atoms. The summed E-state index contributed by atoms with van der Waals surface area (Å²) in [5, 5.41) is 0. The summed E-state index contributed by atoms with van der Waals surface area (Å²) in [5.41, 5.74) is 0. The summed E-state index contributed by atoms with van der Waals surface area (Å²) in [6.07, 6.45) is 10.8. The van der Waals surface area contributed by atoms with Gasteiger partial charge >= 0.3 is 0 Å². The number of hydrogen-bond donors (Lipinski definition) is 0. The monoisotopic (exact) mass is 403 g/mol. The summed E-state index contributed by atoms with van der Waals surface area (Å²) in [5.74, 6) is 0.821. The Hall–Kier alpha value is 0.980. The molecule has 0 N–H and O–H groups in total. The first-order chi connectivity index (χ1) is 8.74. The van der Waals surface area contributed by atoms with Crippen LogP contribution in [0.25, 0.3) is 0 Å². The molecule has 0 aliphatic carbocycles. The minimum Gasteiger partial charge on any atom is -1.00 e. The van der Waals surface area contributed by atoms with Crippen molar-refractivity contribution in [3.63, 3.8) is 0 Å². The standard InChI is InChI=1S/C16H35ClN.HI/c1-4-7-10-14-18(16-12-17,13-9-6-3)15-11-8-5-2;/h4-16H2,1-3H3;1H/q+1;/p-1. The van der Waals surface area contributed by atoms with Gasteiger partial charge in [0, 0.05) is 0 Å². The van der Waals surface area contributed by atoms with Crippen LogP contribution in [-0.4, -0.2) is 36.5 Å². The van der Waals surface area contributed by atoms with Crippen molar-refractivity contribution in [3.8, 4) is 0 Å². The maximum absolute atomic E-state index is 6.07. The highest BCUT2D eigenvalue weighted by atomic mass is 127. The number of halogens is 2. The van der Waals surface area contributed by atoms with Crippen LogP contribution in [0.2, 0.25) is 0 Å². The fourth-order valence-electron chi connectivity index (χ4n) is 2.74. The average Bonchev–Trinajstić information content (AvgIpc) is 2.37. The first kappa shape index (κ1) is 22.3. The van der Waals surface area contributed by atoms with Crippen molar-refractivity contribution >= 4 is 11.6 Å². The van der Waals surface area contributed by atoms with Gasteiger partial charge in [0.15, 0.2) is 0 Å². The summed E-state index contributed by atoms with van der Waals surface area (Å²) >= 11 is 6.07. The van der Waals surface area contributed by atoms with Crippen LogP contribution >= 0.6 is 11.6 Å². The molecule has 0 aromatic carbocycles. The topological polar surface area (TPSA) is 0 Å². The third-order valence-electron chi connectivity index (χ3n) is 4.02. The Bertz CT molecular complexity index is 166. The van der Waals surface area contributed by atoms with E-state index in [0.717, 1.165) is 5.88 Å². The van der Waals surface area contributed by atoms with Crippen LogP contribution in [0.15, 0.2) is 0 Å². The van der Waals surface area contributed by atoms with Gasteiger partial charge in [-0.15, -0.1) is 11.6 Å². The second-order valence-corrected chi connectivity index (χ2v) is 6.07. The maximum Gasteiger partial charge on any atom is 0.0924 e. The SMILES string of the molecule is CCCCC[N+](CCCl)(CCCC)CCCCC.[I-]. The van der Waals surface area contributed by atoms with E-state index in [4.69, 9.17) is 11.6 Å². The zero-order chi connectivity index (χ0) is 13.7. The zero-order valence-electron chi connectivity index (χ0n) is 13.4. The van der Waals surface area contributed by atoms with Gasteiger partial charge in [0.2, 0.25) is 0 Å². The van der Waals surface area contributed by atoms with Crippen LogP contribution in [0, 0.1) is 0 Å².